The van der Waals surface area contributed by atoms with Gasteiger partial charge in [-0.05, 0) is 72.2 Å². The number of benzene rings is 3. The molecule has 5 heterocycles. The number of hydrogen-bond donors (Lipinski definition) is 4. The van der Waals surface area contributed by atoms with E-state index < -0.39 is 46.8 Å². The van der Waals surface area contributed by atoms with Crippen LogP contribution in [0.5, 0.6) is 0 Å². The van der Waals surface area contributed by atoms with Crippen LogP contribution in [0.25, 0.3) is 44.1 Å². The van der Waals surface area contributed by atoms with Crippen LogP contribution in [0.15, 0.2) is 90.5 Å². The lowest BCUT2D eigenvalue weighted by atomic mass is 9.92. The fourth-order valence-electron chi connectivity index (χ4n) is 8.67. The van der Waals surface area contributed by atoms with E-state index in [4.69, 9.17) is 0 Å². The number of rotatable bonds is 9. The van der Waals surface area contributed by atoms with Crippen molar-refractivity contribution in [2.75, 3.05) is 36.8 Å². The molecule has 8 rings (SSSR count). The number of nitrogens with zero attached hydrogens (tertiary/aromatic N) is 5. The molecule has 0 spiro atoms. The number of carbonyl (C=O) groups is 6. The summed E-state index contributed by atoms with van der Waals surface area (Å²) < 4.78 is 31.2. The molecule has 0 bridgehead atoms. The minimum absolute atomic E-state index is 0.0867. The highest BCUT2D eigenvalue weighted by molar-refractivity contribution is 6.45. The summed E-state index contributed by atoms with van der Waals surface area (Å²) in [7, 11) is 0. The number of hydrogen-bond acceptors (Lipinski definition) is 9. The van der Waals surface area contributed by atoms with Crippen molar-refractivity contribution in [1.29, 1.82) is 10.5 Å². The molecule has 2 aliphatic heterocycles. The molecule has 2 fully saturated rings. The SMILES string of the molecule is CC(=O)Nc1ccc(F)c2c(C(=O)C(=O)N3CCC(=C(C#N)c4ccc(-c5cc(F)c6c(C(=O)C(=O)N7CCC(=C(C#N)c8cccnc8)CC7)c[nH]c6c5NC(C)=O)cc4)CC3)c[nH]c12. The number of piperidine rings is 2. The van der Waals surface area contributed by atoms with Gasteiger partial charge in [-0.15, -0.1) is 0 Å². The average Bonchev–Trinajstić information content (AvgIpc) is 3.99. The number of aromatic nitrogens is 3. The number of halogens is 2. The van der Waals surface area contributed by atoms with Crippen molar-refractivity contribution < 1.29 is 37.5 Å². The maximum atomic E-state index is 16.2. The molecule has 0 atom stereocenters. The summed E-state index contributed by atoms with van der Waals surface area (Å²) in [5.41, 5.74) is 4.63. The zero-order valence-electron chi connectivity index (χ0n) is 35.6. The highest BCUT2D eigenvalue weighted by Gasteiger charge is 2.32. The first-order valence-electron chi connectivity index (χ1n) is 20.9. The van der Waals surface area contributed by atoms with E-state index in [0.717, 1.165) is 17.2 Å². The predicted octanol–water partition coefficient (Wildman–Crippen LogP) is 7.47. The molecule has 3 aromatic heterocycles. The number of H-pyrrole nitrogens is 2. The zero-order chi connectivity index (χ0) is 46.8. The third-order valence-corrected chi connectivity index (χ3v) is 11.9. The van der Waals surface area contributed by atoms with Crippen LogP contribution in [0.4, 0.5) is 20.2 Å². The van der Waals surface area contributed by atoms with Crippen molar-refractivity contribution in [3.05, 3.63) is 124 Å². The minimum atomic E-state index is -0.937. The first-order chi connectivity index (χ1) is 31.8. The molecule has 0 unspecified atom stereocenters. The van der Waals surface area contributed by atoms with E-state index in [-0.39, 0.29) is 88.9 Å². The summed E-state index contributed by atoms with van der Waals surface area (Å²) in [6.07, 6.45) is 6.95. The third-order valence-electron chi connectivity index (χ3n) is 11.9. The summed E-state index contributed by atoms with van der Waals surface area (Å²) >= 11 is 0. The van der Waals surface area contributed by atoms with Gasteiger partial charge in [0.05, 0.1) is 56.8 Å². The first kappa shape index (κ1) is 44.1. The van der Waals surface area contributed by atoms with Gasteiger partial charge in [0.15, 0.2) is 0 Å². The Labute approximate surface area is 375 Å². The number of pyridine rings is 1. The van der Waals surface area contributed by atoms with Crippen molar-refractivity contribution in [1.82, 2.24) is 24.8 Å². The van der Waals surface area contributed by atoms with Crippen LogP contribution in [0.3, 0.4) is 0 Å². The summed E-state index contributed by atoms with van der Waals surface area (Å²) in [6, 6.07) is 18.2. The number of aromatic amines is 2. The molecule has 6 aromatic rings. The molecule has 0 radical (unpaired) electrons. The van der Waals surface area contributed by atoms with Gasteiger partial charge in [0.25, 0.3) is 23.4 Å². The molecule has 3 aromatic carbocycles. The second-order valence-corrected chi connectivity index (χ2v) is 15.9. The van der Waals surface area contributed by atoms with Gasteiger partial charge in [-0.25, -0.2) is 8.78 Å². The van der Waals surface area contributed by atoms with Gasteiger partial charge >= 0.3 is 0 Å². The number of amides is 4. The molecule has 0 aliphatic carbocycles. The minimum Gasteiger partial charge on any atom is -0.359 e. The maximum absolute atomic E-state index is 16.2. The average molecular weight is 888 g/mol. The van der Waals surface area contributed by atoms with Crippen LogP contribution in [0.1, 0.15) is 71.4 Å². The second-order valence-electron chi connectivity index (χ2n) is 15.9. The standard InChI is InChI=1S/C49H39F2N9O6/c1-26(61)57-40-10-9-38(50)41-36(24-55-44(40)41)46(63)48(65)59-16-11-30(12-17-59)34(21-52)29-7-5-28(6-8-29)33-20-39(51)42-37(25-56-45(42)43(33)58-27(2)62)47(64)49(66)60-18-13-31(14-19-60)35(22-53)32-4-3-15-54-23-32/h3-10,15,20,23-25,55-56H,11-14,16-19H2,1-2H3,(H,57,61)(H,58,62). The Morgan fingerprint density at radius 3 is 1.71 bits per heavy atom. The van der Waals surface area contributed by atoms with E-state index in [1.54, 1.807) is 48.8 Å². The van der Waals surface area contributed by atoms with Crippen LogP contribution in [0, 0.1) is 34.3 Å². The number of likely N-dealkylation sites (tertiary alicyclic amines) is 2. The quantitative estimate of drug-likeness (QED) is 0.0641. The Hall–Kier alpha value is -8.57. The van der Waals surface area contributed by atoms with E-state index in [1.807, 2.05) is 0 Å². The topological polar surface area (TPSA) is 225 Å². The molecule has 4 amide bonds. The van der Waals surface area contributed by atoms with Gasteiger partial charge in [-0.1, -0.05) is 30.3 Å². The third kappa shape index (κ3) is 8.33. The van der Waals surface area contributed by atoms with Gasteiger partial charge in [-0.3, -0.25) is 33.8 Å². The van der Waals surface area contributed by atoms with Crippen LogP contribution in [-0.4, -0.2) is 86.1 Å². The van der Waals surface area contributed by atoms with Crippen LogP contribution < -0.4 is 10.6 Å². The van der Waals surface area contributed by atoms with Crippen molar-refractivity contribution in [3.63, 3.8) is 0 Å². The molecule has 2 saturated heterocycles. The lowest BCUT2D eigenvalue weighted by Gasteiger charge is -2.28. The molecule has 0 saturated carbocycles. The van der Waals surface area contributed by atoms with E-state index in [0.29, 0.717) is 40.7 Å². The highest BCUT2D eigenvalue weighted by atomic mass is 19.1. The van der Waals surface area contributed by atoms with Gasteiger partial charge in [0.2, 0.25) is 11.8 Å². The first-order valence-corrected chi connectivity index (χ1v) is 20.9. The number of allylic oxidation sites excluding steroid dienone is 2. The van der Waals surface area contributed by atoms with Crippen molar-refractivity contribution in [3.8, 4) is 23.3 Å². The summed E-state index contributed by atoms with van der Waals surface area (Å²) in [5, 5.41) is 25.1. The van der Waals surface area contributed by atoms with Crippen molar-refractivity contribution in [2.45, 2.75) is 39.5 Å². The van der Waals surface area contributed by atoms with Crippen LogP contribution in [-0.2, 0) is 19.2 Å². The predicted molar refractivity (Wildman–Crippen MR) is 240 cm³/mol. The molecule has 15 nitrogen and oxygen atoms in total. The van der Waals surface area contributed by atoms with Crippen LogP contribution >= 0.6 is 0 Å². The van der Waals surface area contributed by atoms with Gasteiger partial charge < -0.3 is 30.4 Å². The molecular formula is C49H39F2N9O6. The Bertz CT molecular complexity index is 3170. The van der Waals surface area contributed by atoms with Crippen molar-refractivity contribution >= 4 is 79.5 Å². The number of anilines is 2. The van der Waals surface area contributed by atoms with Crippen molar-refractivity contribution in [2.24, 2.45) is 0 Å². The fraction of sp³-hybridized carbons (Fsp3) is 0.204. The van der Waals surface area contributed by atoms with Gasteiger partial charge in [0.1, 0.15) is 11.6 Å². The molecule has 4 N–H and O–H groups in total. The Morgan fingerprint density at radius 1 is 0.667 bits per heavy atom. The van der Waals surface area contributed by atoms with Gasteiger partial charge in [0, 0.05) is 86.7 Å². The summed E-state index contributed by atoms with van der Waals surface area (Å²) in [4.78, 5) is 90.7. The molecular weight excluding hydrogens is 849 g/mol. The molecule has 330 valence electrons. The summed E-state index contributed by atoms with van der Waals surface area (Å²) in [5.74, 6) is -5.97. The van der Waals surface area contributed by atoms with E-state index in [9.17, 15) is 43.7 Å². The Kier molecular flexibility index (Phi) is 12.2. The molecule has 17 heteroatoms. The highest BCUT2D eigenvalue weighted by Crippen LogP contribution is 2.39. The smallest absolute Gasteiger partial charge is 0.295 e. The summed E-state index contributed by atoms with van der Waals surface area (Å²) in [6.45, 7) is 3.15. The Morgan fingerprint density at radius 2 is 1.20 bits per heavy atom. The number of ketones is 2. The van der Waals surface area contributed by atoms with E-state index >= 15 is 4.39 Å². The monoisotopic (exact) mass is 887 g/mol. The largest absolute Gasteiger partial charge is 0.359 e. The van der Waals surface area contributed by atoms with Crippen LogP contribution in [0.2, 0.25) is 0 Å². The van der Waals surface area contributed by atoms with E-state index in [2.05, 4.69) is 37.7 Å². The Balaban J connectivity index is 0.988. The number of carbonyl (C=O) groups excluding carboxylic acids is 6. The van der Waals surface area contributed by atoms with Gasteiger partial charge in [-0.2, -0.15) is 10.5 Å². The molecule has 66 heavy (non-hydrogen) atoms. The number of nitrogens with one attached hydrogen (secondary N) is 4. The lowest BCUT2D eigenvalue weighted by Crippen LogP contribution is -2.40. The number of Topliss-reactive ketones (excluding diaryl/α,β-unsaturated/α-hetero) is 2. The fourth-order valence-corrected chi connectivity index (χ4v) is 8.67. The maximum Gasteiger partial charge on any atom is 0.295 e. The second kappa shape index (κ2) is 18.3. The number of fused-ring (bicyclic) bond motifs is 2. The zero-order valence-corrected chi connectivity index (χ0v) is 35.6. The number of nitriles is 2. The normalized spacial score (nSPS) is 13.8. The van der Waals surface area contributed by atoms with E-state index in [1.165, 1.54) is 48.2 Å². The molecule has 2 aliphatic rings. The lowest BCUT2D eigenvalue weighted by molar-refractivity contribution is -0.127.